The molecule has 4 rings (SSSR count). The number of carbonyl (C=O) groups is 1. The summed E-state index contributed by atoms with van der Waals surface area (Å²) >= 11 is 0. The number of nitrogens with zero attached hydrogens (tertiary/aromatic N) is 1. The predicted molar refractivity (Wildman–Crippen MR) is 98.7 cm³/mol. The molecule has 154 valence electrons. The maximum Gasteiger partial charge on any atom is 0.251 e. The molecule has 0 radical (unpaired) electrons. The number of furan rings is 1. The van der Waals surface area contributed by atoms with E-state index >= 15 is 0 Å². The Labute approximate surface area is 164 Å². The van der Waals surface area contributed by atoms with E-state index in [1.165, 1.54) is 6.26 Å². The van der Waals surface area contributed by atoms with Gasteiger partial charge in [-0.3, -0.25) is 4.79 Å². The minimum absolute atomic E-state index is 0.213. The van der Waals surface area contributed by atoms with E-state index in [1.807, 2.05) is 0 Å². The number of imidazole rings is 1. The lowest BCUT2D eigenvalue weighted by atomic mass is 9.95. The summed E-state index contributed by atoms with van der Waals surface area (Å²) in [6.07, 6.45) is -4.96. The highest BCUT2D eigenvalue weighted by Gasteiger charge is 2.45. The van der Waals surface area contributed by atoms with Gasteiger partial charge < -0.3 is 39.9 Å². The van der Waals surface area contributed by atoms with Crippen LogP contribution in [-0.4, -0.2) is 67.3 Å². The molecular formula is C19H21N3O7. The van der Waals surface area contributed by atoms with E-state index < -0.39 is 37.1 Å². The lowest BCUT2D eigenvalue weighted by Gasteiger charge is -2.39. The van der Waals surface area contributed by atoms with Crippen molar-refractivity contribution in [2.75, 3.05) is 6.61 Å². The van der Waals surface area contributed by atoms with Gasteiger partial charge in [0.15, 0.2) is 0 Å². The van der Waals surface area contributed by atoms with Gasteiger partial charge in [0.2, 0.25) is 0 Å². The van der Waals surface area contributed by atoms with Crippen LogP contribution in [0.3, 0.4) is 0 Å². The number of aliphatic hydroxyl groups is 4. The number of nitrogens with one attached hydrogen (secondary N) is 2. The summed E-state index contributed by atoms with van der Waals surface area (Å²) in [4.78, 5) is 19.7. The van der Waals surface area contributed by atoms with Crippen molar-refractivity contribution in [1.29, 1.82) is 0 Å². The first-order chi connectivity index (χ1) is 14.0. The molecule has 0 bridgehead atoms. The fraction of sp³-hybridized carbons (Fsp3) is 0.368. The molecule has 0 saturated carbocycles. The zero-order valence-corrected chi connectivity index (χ0v) is 15.2. The van der Waals surface area contributed by atoms with E-state index in [4.69, 9.17) is 9.15 Å². The lowest BCUT2D eigenvalue weighted by Crippen LogP contribution is -2.55. The molecule has 1 aliphatic heterocycles. The van der Waals surface area contributed by atoms with Crippen molar-refractivity contribution in [2.24, 2.45) is 0 Å². The Hall–Kier alpha value is -2.76. The first-order valence-electron chi connectivity index (χ1n) is 9.08. The normalized spacial score (nSPS) is 27.2. The number of hydrogen-bond donors (Lipinski definition) is 6. The molecular weight excluding hydrogens is 382 g/mol. The van der Waals surface area contributed by atoms with E-state index in [-0.39, 0.29) is 18.3 Å². The van der Waals surface area contributed by atoms with E-state index in [0.29, 0.717) is 22.4 Å². The quantitative estimate of drug-likeness (QED) is 0.335. The highest BCUT2D eigenvalue weighted by atomic mass is 16.5. The minimum Gasteiger partial charge on any atom is -0.467 e. The van der Waals surface area contributed by atoms with Crippen LogP contribution in [0.4, 0.5) is 0 Å². The monoisotopic (exact) mass is 403 g/mol. The number of hydrogen-bond acceptors (Lipinski definition) is 8. The topological polar surface area (TPSA) is 161 Å². The van der Waals surface area contributed by atoms with Crippen LogP contribution < -0.4 is 5.32 Å². The third-order valence-corrected chi connectivity index (χ3v) is 4.93. The number of aromatic nitrogens is 2. The van der Waals surface area contributed by atoms with Crippen LogP contribution in [-0.2, 0) is 11.3 Å². The summed E-state index contributed by atoms with van der Waals surface area (Å²) in [6, 6.07) is 8.34. The van der Waals surface area contributed by atoms with Gasteiger partial charge in [-0.05, 0) is 30.3 Å². The smallest absolute Gasteiger partial charge is 0.251 e. The Balaban J connectivity index is 1.54. The number of H-pyrrole nitrogens is 1. The van der Waals surface area contributed by atoms with Gasteiger partial charge in [0, 0.05) is 5.56 Å². The average molecular weight is 403 g/mol. The number of carbonyl (C=O) groups excluding carboxylic acids is 1. The Morgan fingerprint density at radius 1 is 1.17 bits per heavy atom. The molecule has 3 heterocycles. The number of aromatic amines is 1. The fourth-order valence-electron chi connectivity index (χ4n) is 3.32. The molecule has 1 saturated heterocycles. The lowest BCUT2D eigenvalue weighted by molar-refractivity contribution is -0.233. The van der Waals surface area contributed by atoms with Crippen LogP contribution in [0, 0.1) is 0 Å². The molecule has 10 heteroatoms. The molecule has 0 unspecified atom stereocenters. The minimum atomic E-state index is -1.50. The van der Waals surface area contributed by atoms with Gasteiger partial charge in [0.1, 0.15) is 42.1 Å². The second-order valence-corrected chi connectivity index (χ2v) is 6.87. The zero-order chi connectivity index (χ0) is 20.5. The maximum atomic E-state index is 12.4. The molecule has 29 heavy (non-hydrogen) atoms. The molecule has 0 aliphatic carbocycles. The Morgan fingerprint density at radius 3 is 2.72 bits per heavy atom. The van der Waals surface area contributed by atoms with Crippen LogP contribution in [0.15, 0.2) is 41.0 Å². The van der Waals surface area contributed by atoms with Crippen LogP contribution in [0.25, 0.3) is 11.0 Å². The first kappa shape index (κ1) is 19.6. The van der Waals surface area contributed by atoms with Gasteiger partial charge in [-0.25, -0.2) is 4.98 Å². The molecule has 10 nitrogen and oxygen atoms in total. The van der Waals surface area contributed by atoms with Crippen LogP contribution in [0.2, 0.25) is 0 Å². The molecule has 3 aromatic rings. The largest absolute Gasteiger partial charge is 0.467 e. The molecule has 1 aromatic carbocycles. The highest BCUT2D eigenvalue weighted by molar-refractivity contribution is 5.97. The number of fused-ring (bicyclic) bond motifs is 1. The standard InChI is InChI=1S/C19H21N3O7/c23-8-13-14(24)15(25)16(26)17(29-13)18-21-11-4-3-9(6-12(11)22-18)19(27)20-7-10-2-1-5-28-10/h1-6,13-17,23-26H,7-8H2,(H,20,27)(H,21,22)/t13-,14+,15+,16-,17-/m1/s1. The maximum absolute atomic E-state index is 12.4. The van der Waals surface area contributed by atoms with Crippen LogP contribution >= 0.6 is 0 Å². The summed E-state index contributed by atoms with van der Waals surface area (Å²) in [5.74, 6) is 0.545. The summed E-state index contributed by atoms with van der Waals surface area (Å²) in [7, 11) is 0. The van der Waals surface area contributed by atoms with Crippen molar-refractivity contribution in [3.63, 3.8) is 0 Å². The summed E-state index contributed by atoms with van der Waals surface area (Å²) < 4.78 is 10.7. The summed E-state index contributed by atoms with van der Waals surface area (Å²) in [5.41, 5.74) is 1.45. The Bertz CT molecular complexity index is 985. The van der Waals surface area contributed by atoms with Gasteiger partial charge >= 0.3 is 0 Å². The van der Waals surface area contributed by atoms with Crippen molar-refractivity contribution < 1.29 is 34.4 Å². The molecule has 5 atom stereocenters. The van der Waals surface area contributed by atoms with E-state index in [1.54, 1.807) is 30.3 Å². The van der Waals surface area contributed by atoms with Gasteiger partial charge in [-0.1, -0.05) is 0 Å². The number of amides is 1. The second-order valence-electron chi connectivity index (χ2n) is 6.87. The molecule has 2 aromatic heterocycles. The first-order valence-corrected chi connectivity index (χ1v) is 9.08. The number of benzene rings is 1. The predicted octanol–water partition coefficient (Wildman–Crippen LogP) is -0.399. The van der Waals surface area contributed by atoms with Crippen LogP contribution in [0.1, 0.15) is 28.0 Å². The van der Waals surface area contributed by atoms with Crippen molar-refractivity contribution in [3.8, 4) is 0 Å². The molecule has 1 amide bonds. The van der Waals surface area contributed by atoms with Crippen molar-refractivity contribution in [2.45, 2.75) is 37.1 Å². The third kappa shape index (κ3) is 3.76. The third-order valence-electron chi connectivity index (χ3n) is 4.93. The van der Waals surface area contributed by atoms with Crippen LogP contribution in [0.5, 0.6) is 0 Å². The Morgan fingerprint density at radius 2 is 2.00 bits per heavy atom. The second kappa shape index (κ2) is 7.93. The van der Waals surface area contributed by atoms with E-state index in [0.717, 1.165) is 0 Å². The molecule has 0 spiro atoms. The van der Waals surface area contributed by atoms with Crippen molar-refractivity contribution in [1.82, 2.24) is 15.3 Å². The summed E-state index contributed by atoms with van der Waals surface area (Å²) in [6.45, 7) is -0.273. The average Bonchev–Trinajstić information content (AvgIpc) is 3.39. The number of ether oxygens (including phenoxy) is 1. The van der Waals surface area contributed by atoms with Crippen molar-refractivity contribution >= 4 is 16.9 Å². The van der Waals surface area contributed by atoms with Gasteiger partial charge in [-0.2, -0.15) is 0 Å². The molecule has 6 N–H and O–H groups in total. The van der Waals surface area contributed by atoms with Crippen molar-refractivity contribution in [3.05, 3.63) is 53.7 Å². The number of aliphatic hydroxyl groups excluding tert-OH is 4. The molecule has 1 aliphatic rings. The highest BCUT2D eigenvalue weighted by Crippen LogP contribution is 2.32. The van der Waals surface area contributed by atoms with Gasteiger partial charge in [0.25, 0.3) is 5.91 Å². The van der Waals surface area contributed by atoms with Gasteiger partial charge in [-0.15, -0.1) is 0 Å². The van der Waals surface area contributed by atoms with Gasteiger partial charge in [0.05, 0.1) is 30.4 Å². The van der Waals surface area contributed by atoms with E-state index in [2.05, 4.69) is 15.3 Å². The Kier molecular flexibility index (Phi) is 5.35. The number of rotatable bonds is 5. The SMILES string of the molecule is O=C(NCc1ccco1)c1ccc2nc([C@@H]3O[C@H](CO)[C@H](O)[C@H](O)[C@H]3O)[nH]c2c1. The summed E-state index contributed by atoms with van der Waals surface area (Å²) in [5, 5.41) is 42.2. The fourth-order valence-corrected chi connectivity index (χ4v) is 3.32. The molecule has 1 fully saturated rings. The zero-order valence-electron chi connectivity index (χ0n) is 15.2. The van der Waals surface area contributed by atoms with E-state index in [9.17, 15) is 25.2 Å².